The smallest absolute Gasteiger partial charge is 0.329 e. The molecule has 0 spiro atoms. The van der Waals surface area contributed by atoms with E-state index in [1.54, 1.807) is 0 Å². The second-order valence-electron chi connectivity index (χ2n) is 12.4. The molecule has 0 bridgehead atoms. The standard InChI is InChI=1S/C42H25BN2S/c1-2-12-26(13-3-1)44-36-24-25-37-39(40(36)32-23-22-30-29-16-7-11-21-38(29)46-42(30)41(32)44)31-17-5-9-19-34(31)43-33-18-8-4-14-27(33)28-15-6-10-20-35(28)45(37)43/h1-25H. The van der Waals surface area contributed by atoms with Crippen molar-refractivity contribution < 1.29 is 0 Å². The Balaban J connectivity index is 1.33. The van der Waals surface area contributed by atoms with Crippen LogP contribution in [0.4, 0.5) is 11.4 Å². The molecule has 4 heteroatoms. The Hall–Kier alpha value is -5.58. The van der Waals surface area contributed by atoms with Gasteiger partial charge >= 0.3 is 6.85 Å². The molecule has 2 aliphatic rings. The van der Waals surface area contributed by atoms with Crippen LogP contribution in [-0.4, -0.2) is 11.4 Å². The summed E-state index contributed by atoms with van der Waals surface area (Å²) in [6.45, 7) is 0.101. The van der Waals surface area contributed by atoms with Crippen molar-refractivity contribution in [2.45, 2.75) is 0 Å². The average molecular weight is 601 g/mol. The highest BCUT2D eigenvalue weighted by Gasteiger charge is 2.42. The van der Waals surface area contributed by atoms with Gasteiger partial charge in [0.2, 0.25) is 0 Å². The second-order valence-corrected chi connectivity index (χ2v) is 13.5. The van der Waals surface area contributed by atoms with Crippen LogP contribution in [0, 0.1) is 0 Å². The van der Waals surface area contributed by atoms with E-state index in [9.17, 15) is 0 Å². The number of aromatic nitrogens is 1. The van der Waals surface area contributed by atoms with Crippen LogP contribution >= 0.6 is 11.3 Å². The lowest BCUT2D eigenvalue weighted by Crippen LogP contribution is -2.59. The number of para-hydroxylation sites is 2. The van der Waals surface area contributed by atoms with E-state index in [0.717, 1.165) is 0 Å². The van der Waals surface area contributed by atoms with E-state index < -0.39 is 0 Å². The fraction of sp³-hybridized carbons (Fsp3) is 0. The first-order valence-electron chi connectivity index (χ1n) is 15.9. The van der Waals surface area contributed by atoms with Gasteiger partial charge in [0.15, 0.2) is 0 Å². The highest BCUT2D eigenvalue weighted by Crippen LogP contribution is 2.51. The van der Waals surface area contributed by atoms with Gasteiger partial charge in [-0.3, -0.25) is 0 Å². The van der Waals surface area contributed by atoms with Crippen molar-refractivity contribution in [1.29, 1.82) is 0 Å². The molecule has 46 heavy (non-hydrogen) atoms. The zero-order chi connectivity index (χ0) is 29.9. The van der Waals surface area contributed by atoms with Gasteiger partial charge in [0, 0.05) is 54.4 Å². The summed E-state index contributed by atoms with van der Waals surface area (Å²) in [7, 11) is 0. The van der Waals surface area contributed by atoms with Crippen molar-refractivity contribution >= 4 is 82.5 Å². The third-order valence-corrected chi connectivity index (χ3v) is 11.4. The second kappa shape index (κ2) is 9.00. The normalized spacial score (nSPS) is 13.1. The van der Waals surface area contributed by atoms with Gasteiger partial charge in [-0.15, -0.1) is 11.3 Å². The van der Waals surface area contributed by atoms with E-state index in [4.69, 9.17) is 0 Å². The summed E-state index contributed by atoms with van der Waals surface area (Å²) in [6, 6.07) is 56.2. The zero-order valence-corrected chi connectivity index (χ0v) is 25.6. The molecule has 0 saturated carbocycles. The SMILES string of the molecule is c1ccc(-n2c3ccc4c(c3c3ccc5c6ccccc6sc5c32)-c2ccccc2B2c3ccccc3-c3ccccc3N24)cc1. The van der Waals surface area contributed by atoms with Crippen LogP contribution in [0.3, 0.4) is 0 Å². The van der Waals surface area contributed by atoms with E-state index in [-0.39, 0.29) is 6.85 Å². The lowest BCUT2D eigenvalue weighted by Gasteiger charge is -2.43. The van der Waals surface area contributed by atoms with Crippen molar-refractivity contribution in [2.24, 2.45) is 0 Å². The third-order valence-electron chi connectivity index (χ3n) is 10.2. The summed E-state index contributed by atoms with van der Waals surface area (Å²) in [5.41, 5.74) is 14.2. The van der Waals surface area contributed by atoms with Crippen LogP contribution in [0.25, 0.3) is 69.9 Å². The topological polar surface area (TPSA) is 8.17 Å². The number of rotatable bonds is 1. The first-order chi connectivity index (χ1) is 22.9. The number of fused-ring (bicyclic) bond motifs is 19. The number of anilines is 2. The molecule has 0 amide bonds. The monoisotopic (exact) mass is 600 g/mol. The Bertz CT molecular complexity index is 2720. The van der Waals surface area contributed by atoms with Gasteiger partial charge in [0.1, 0.15) is 0 Å². The molecule has 4 heterocycles. The van der Waals surface area contributed by atoms with Crippen molar-refractivity contribution in [1.82, 2.24) is 4.57 Å². The summed E-state index contributed by atoms with van der Waals surface area (Å²) in [4.78, 5) is 2.61. The molecule has 7 aromatic carbocycles. The van der Waals surface area contributed by atoms with Gasteiger partial charge in [-0.05, 0) is 58.5 Å². The summed E-state index contributed by atoms with van der Waals surface area (Å²) in [5.74, 6) is 0. The molecule has 2 nitrogen and oxygen atoms in total. The van der Waals surface area contributed by atoms with E-state index in [1.807, 2.05) is 11.3 Å². The van der Waals surface area contributed by atoms with Gasteiger partial charge in [-0.25, -0.2) is 0 Å². The maximum Gasteiger partial charge on any atom is 0.329 e. The van der Waals surface area contributed by atoms with Crippen LogP contribution in [0.5, 0.6) is 0 Å². The molecule has 0 N–H and O–H groups in total. The quantitative estimate of drug-likeness (QED) is 0.170. The van der Waals surface area contributed by atoms with Gasteiger partial charge < -0.3 is 9.38 Å². The Kier molecular flexibility index (Phi) is 4.83. The van der Waals surface area contributed by atoms with E-state index in [1.165, 1.54) is 92.2 Å². The molecule has 0 aliphatic carbocycles. The highest BCUT2D eigenvalue weighted by atomic mass is 32.1. The highest BCUT2D eigenvalue weighted by molar-refractivity contribution is 7.26. The molecule has 0 atom stereocenters. The zero-order valence-electron chi connectivity index (χ0n) is 24.8. The summed E-state index contributed by atoms with van der Waals surface area (Å²) in [5, 5.41) is 5.27. The molecule has 0 radical (unpaired) electrons. The van der Waals surface area contributed by atoms with Crippen LogP contribution in [0.1, 0.15) is 0 Å². The van der Waals surface area contributed by atoms with Crippen molar-refractivity contribution in [3.8, 4) is 27.9 Å². The Morgan fingerprint density at radius 1 is 0.478 bits per heavy atom. The summed E-state index contributed by atoms with van der Waals surface area (Å²) in [6.07, 6.45) is 0. The van der Waals surface area contributed by atoms with Crippen molar-refractivity contribution in [2.75, 3.05) is 4.81 Å². The van der Waals surface area contributed by atoms with Crippen LogP contribution in [-0.2, 0) is 0 Å². The Morgan fingerprint density at radius 3 is 2.02 bits per heavy atom. The van der Waals surface area contributed by atoms with E-state index in [0.29, 0.717) is 0 Å². The first kappa shape index (κ1) is 24.7. The predicted octanol–water partition coefficient (Wildman–Crippen LogP) is 10.1. The maximum absolute atomic E-state index is 2.61. The minimum atomic E-state index is 0.101. The summed E-state index contributed by atoms with van der Waals surface area (Å²) < 4.78 is 5.18. The van der Waals surface area contributed by atoms with Crippen LogP contribution in [0.2, 0.25) is 0 Å². The third kappa shape index (κ3) is 3.07. The number of nitrogens with zero attached hydrogens (tertiary/aromatic N) is 2. The van der Waals surface area contributed by atoms with Crippen molar-refractivity contribution in [3.63, 3.8) is 0 Å². The number of thiophene rings is 1. The first-order valence-corrected chi connectivity index (χ1v) is 16.7. The molecular formula is C42H25BN2S. The molecule has 9 aromatic rings. The maximum atomic E-state index is 2.61. The minimum absolute atomic E-state index is 0.101. The lowest BCUT2D eigenvalue weighted by atomic mass is 9.43. The fourth-order valence-electron chi connectivity index (χ4n) is 8.39. The van der Waals surface area contributed by atoms with Crippen LogP contribution in [0.15, 0.2) is 152 Å². The van der Waals surface area contributed by atoms with Gasteiger partial charge in [0.05, 0.1) is 15.7 Å². The fourth-order valence-corrected chi connectivity index (χ4v) is 9.63. The molecule has 2 aliphatic heterocycles. The average Bonchev–Trinajstić information content (AvgIpc) is 3.68. The number of hydrogen-bond acceptors (Lipinski definition) is 2. The molecular weight excluding hydrogens is 575 g/mol. The van der Waals surface area contributed by atoms with Crippen LogP contribution < -0.4 is 15.7 Å². The molecule has 11 rings (SSSR count). The van der Waals surface area contributed by atoms with Gasteiger partial charge in [0.25, 0.3) is 0 Å². The van der Waals surface area contributed by atoms with Crippen molar-refractivity contribution in [3.05, 3.63) is 152 Å². The molecule has 212 valence electrons. The number of benzene rings is 7. The van der Waals surface area contributed by atoms with E-state index >= 15 is 0 Å². The molecule has 0 saturated heterocycles. The lowest BCUT2D eigenvalue weighted by molar-refractivity contribution is 1.19. The minimum Gasteiger partial charge on any atom is -0.376 e. The molecule has 0 fully saturated rings. The largest absolute Gasteiger partial charge is 0.376 e. The van der Waals surface area contributed by atoms with E-state index in [2.05, 4.69) is 161 Å². The predicted molar refractivity (Wildman–Crippen MR) is 198 cm³/mol. The molecule has 2 aromatic heterocycles. The summed E-state index contributed by atoms with van der Waals surface area (Å²) >= 11 is 1.91. The van der Waals surface area contributed by atoms with Gasteiger partial charge in [-0.2, -0.15) is 0 Å². The van der Waals surface area contributed by atoms with Gasteiger partial charge in [-0.1, -0.05) is 115 Å². The Morgan fingerprint density at radius 2 is 1.15 bits per heavy atom. The molecule has 0 unspecified atom stereocenters. The Labute approximate surface area is 270 Å². The number of hydrogen-bond donors (Lipinski definition) is 0.